The smallest absolute Gasteiger partial charge is 0.186 e. The molecule has 0 atom stereocenters. The average molecular weight is 237 g/mol. The molecular formula is C9H10Cl2O3. The van der Waals surface area contributed by atoms with E-state index in [1.807, 2.05) is 0 Å². The Hall–Kier alpha value is -0.480. The standard InChI is InChI=1S/C9H10Cl2O3/c1-13-9(14-2)6-3-5(10)4-7(11)8(6)12/h3-4,9,12H,1-2H3. The maximum atomic E-state index is 9.60. The molecule has 0 saturated carbocycles. The fourth-order valence-corrected chi connectivity index (χ4v) is 1.62. The zero-order chi connectivity index (χ0) is 10.7. The van der Waals surface area contributed by atoms with Crippen LogP contribution in [0.25, 0.3) is 0 Å². The summed E-state index contributed by atoms with van der Waals surface area (Å²) in [7, 11) is 2.92. The zero-order valence-electron chi connectivity index (χ0n) is 7.75. The van der Waals surface area contributed by atoms with E-state index in [1.54, 1.807) is 6.07 Å². The second-order valence-electron chi connectivity index (χ2n) is 2.63. The summed E-state index contributed by atoms with van der Waals surface area (Å²) in [5.41, 5.74) is 0.410. The van der Waals surface area contributed by atoms with Gasteiger partial charge in [0.1, 0.15) is 5.75 Å². The molecular weight excluding hydrogens is 227 g/mol. The van der Waals surface area contributed by atoms with Crippen LogP contribution in [0.1, 0.15) is 11.9 Å². The molecule has 0 aliphatic rings. The predicted octanol–water partition coefficient (Wildman–Crippen LogP) is 2.99. The van der Waals surface area contributed by atoms with Crippen molar-refractivity contribution in [2.45, 2.75) is 6.29 Å². The van der Waals surface area contributed by atoms with Crippen molar-refractivity contribution in [2.75, 3.05) is 14.2 Å². The third kappa shape index (κ3) is 2.30. The Morgan fingerprint density at radius 2 is 1.79 bits per heavy atom. The van der Waals surface area contributed by atoms with Gasteiger partial charge in [-0.15, -0.1) is 0 Å². The first-order valence-electron chi connectivity index (χ1n) is 3.83. The van der Waals surface area contributed by atoms with E-state index in [9.17, 15) is 5.11 Å². The monoisotopic (exact) mass is 236 g/mol. The minimum atomic E-state index is -0.675. The SMILES string of the molecule is COC(OC)c1cc(Cl)cc(Cl)c1O. The van der Waals surface area contributed by atoms with Crippen LogP contribution in [-0.4, -0.2) is 19.3 Å². The summed E-state index contributed by atoms with van der Waals surface area (Å²) in [5.74, 6) is -0.0789. The summed E-state index contributed by atoms with van der Waals surface area (Å²) in [6.45, 7) is 0. The van der Waals surface area contributed by atoms with Gasteiger partial charge in [-0.25, -0.2) is 0 Å². The second kappa shape index (κ2) is 4.84. The molecule has 0 aliphatic carbocycles. The molecule has 14 heavy (non-hydrogen) atoms. The largest absolute Gasteiger partial charge is 0.506 e. The van der Waals surface area contributed by atoms with Crippen LogP contribution in [0, 0.1) is 0 Å². The fraction of sp³-hybridized carbons (Fsp3) is 0.333. The molecule has 1 rings (SSSR count). The zero-order valence-corrected chi connectivity index (χ0v) is 9.26. The van der Waals surface area contributed by atoms with E-state index in [0.717, 1.165) is 0 Å². The summed E-state index contributed by atoms with van der Waals surface area (Å²) < 4.78 is 9.95. The molecule has 0 bridgehead atoms. The van der Waals surface area contributed by atoms with Gasteiger partial charge in [-0.3, -0.25) is 0 Å². The van der Waals surface area contributed by atoms with Crippen LogP contribution in [0.3, 0.4) is 0 Å². The first kappa shape index (κ1) is 11.6. The van der Waals surface area contributed by atoms with Crippen molar-refractivity contribution >= 4 is 23.2 Å². The van der Waals surface area contributed by atoms with E-state index in [2.05, 4.69) is 0 Å². The Bertz CT molecular complexity index is 324. The van der Waals surface area contributed by atoms with E-state index in [4.69, 9.17) is 32.7 Å². The van der Waals surface area contributed by atoms with E-state index in [1.165, 1.54) is 20.3 Å². The molecule has 0 amide bonds. The highest BCUT2D eigenvalue weighted by molar-refractivity contribution is 6.35. The predicted molar refractivity (Wildman–Crippen MR) is 54.9 cm³/mol. The number of benzene rings is 1. The number of rotatable bonds is 3. The summed E-state index contributed by atoms with van der Waals surface area (Å²) in [6.07, 6.45) is -0.675. The lowest BCUT2D eigenvalue weighted by atomic mass is 10.2. The third-order valence-electron chi connectivity index (χ3n) is 1.74. The summed E-state index contributed by atoms with van der Waals surface area (Å²) in [5, 5.41) is 10.2. The highest BCUT2D eigenvalue weighted by atomic mass is 35.5. The van der Waals surface area contributed by atoms with Crippen molar-refractivity contribution in [1.29, 1.82) is 0 Å². The average Bonchev–Trinajstić information content (AvgIpc) is 2.15. The van der Waals surface area contributed by atoms with Crippen LogP contribution in [0.5, 0.6) is 5.75 Å². The van der Waals surface area contributed by atoms with Crippen LogP contribution in [0.4, 0.5) is 0 Å². The summed E-state index contributed by atoms with van der Waals surface area (Å²) in [4.78, 5) is 0. The number of hydrogen-bond donors (Lipinski definition) is 1. The van der Waals surface area contributed by atoms with Gasteiger partial charge in [-0.1, -0.05) is 23.2 Å². The molecule has 1 aromatic carbocycles. The molecule has 1 aromatic rings. The molecule has 78 valence electrons. The van der Waals surface area contributed by atoms with Gasteiger partial charge in [-0.2, -0.15) is 0 Å². The molecule has 0 spiro atoms. The molecule has 0 radical (unpaired) electrons. The Morgan fingerprint density at radius 1 is 1.21 bits per heavy atom. The maximum Gasteiger partial charge on any atom is 0.186 e. The Morgan fingerprint density at radius 3 is 2.29 bits per heavy atom. The maximum absolute atomic E-state index is 9.60. The van der Waals surface area contributed by atoms with Crippen LogP contribution >= 0.6 is 23.2 Å². The van der Waals surface area contributed by atoms with E-state index in [-0.39, 0.29) is 10.8 Å². The molecule has 0 aliphatic heterocycles. The number of phenolic OH excluding ortho intramolecular Hbond substituents is 1. The van der Waals surface area contributed by atoms with Gasteiger partial charge in [0.15, 0.2) is 6.29 Å². The van der Waals surface area contributed by atoms with Crippen molar-refractivity contribution < 1.29 is 14.6 Å². The molecule has 0 fully saturated rings. The molecule has 1 N–H and O–H groups in total. The minimum absolute atomic E-state index is 0.0789. The molecule has 0 aromatic heterocycles. The molecule has 3 nitrogen and oxygen atoms in total. The van der Waals surface area contributed by atoms with Crippen molar-refractivity contribution in [3.63, 3.8) is 0 Å². The molecule has 0 saturated heterocycles. The number of hydrogen-bond acceptors (Lipinski definition) is 3. The Balaban J connectivity index is 3.18. The lowest BCUT2D eigenvalue weighted by Crippen LogP contribution is -2.04. The van der Waals surface area contributed by atoms with E-state index >= 15 is 0 Å². The van der Waals surface area contributed by atoms with Crippen molar-refractivity contribution in [3.05, 3.63) is 27.7 Å². The first-order valence-corrected chi connectivity index (χ1v) is 4.59. The van der Waals surface area contributed by atoms with Gasteiger partial charge in [-0.05, 0) is 12.1 Å². The van der Waals surface area contributed by atoms with Gasteiger partial charge < -0.3 is 14.6 Å². The summed E-state index contributed by atoms with van der Waals surface area (Å²) >= 11 is 11.5. The van der Waals surface area contributed by atoms with Crippen LogP contribution in [0.2, 0.25) is 10.0 Å². The third-order valence-corrected chi connectivity index (χ3v) is 2.25. The highest BCUT2D eigenvalue weighted by Crippen LogP contribution is 2.36. The van der Waals surface area contributed by atoms with Gasteiger partial charge in [0, 0.05) is 19.2 Å². The normalized spacial score (nSPS) is 10.9. The quantitative estimate of drug-likeness (QED) is 0.821. The van der Waals surface area contributed by atoms with Gasteiger partial charge in [0.05, 0.1) is 10.6 Å². The topological polar surface area (TPSA) is 38.7 Å². The fourth-order valence-electron chi connectivity index (χ4n) is 1.12. The lowest BCUT2D eigenvalue weighted by Gasteiger charge is -2.15. The van der Waals surface area contributed by atoms with Crippen molar-refractivity contribution in [1.82, 2.24) is 0 Å². The first-order chi connectivity index (χ1) is 6.60. The number of phenols is 1. The van der Waals surface area contributed by atoms with Crippen LogP contribution in [0.15, 0.2) is 12.1 Å². The van der Waals surface area contributed by atoms with E-state index in [0.29, 0.717) is 10.6 Å². The molecule has 5 heteroatoms. The molecule has 0 heterocycles. The minimum Gasteiger partial charge on any atom is -0.506 e. The Labute approximate surface area is 92.2 Å². The summed E-state index contributed by atoms with van der Waals surface area (Å²) in [6, 6.07) is 2.99. The van der Waals surface area contributed by atoms with Gasteiger partial charge in [0.25, 0.3) is 0 Å². The number of halogens is 2. The number of ether oxygens (including phenoxy) is 2. The van der Waals surface area contributed by atoms with Crippen molar-refractivity contribution in [3.8, 4) is 5.75 Å². The second-order valence-corrected chi connectivity index (χ2v) is 3.47. The van der Waals surface area contributed by atoms with Crippen LogP contribution < -0.4 is 0 Å². The number of aromatic hydroxyl groups is 1. The van der Waals surface area contributed by atoms with Crippen LogP contribution in [-0.2, 0) is 9.47 Å². The van der Waals surface area contributed by atoms with Gasteiger partial charge >= 0.3 is 0 Å². The van der Waals surface area contributed by atoms with Gasteiger partial charge in [0.2, 0.25) is 0 Å². The highest BCUT2D eigenvalue weighted by Gasteiger charge is 2.17. The van der Waals surface area contributed by atoms with Crippen molar-refractivity contribution in [2.24, 2.45) is 0 Å². The number of methoxy groups -OCH3 is 2. The molecule has 0 unspecified atom stereocenters. The Kier molecular flexibility index (Phi) is 4.01. The van der Waals surface area contributed by atoms with E-state index < -0.39 is 6.29 Å². The lowest BCUT2D eigenvalue weighted by molar-refractivity contribution is -0.106.